The number of nitrogens with zero attached hydrogens (tertiary/aromatic N) is 1. The second-order valence-corrected chi connectivity index (χ2v) is 6.23. The van der Waals surface area contributed by atoms with E-state index in [-0.39, 0.29) is 5.78 Å². The van der Waals surface area contributed by atoms with Gasteiger partial charge in [0.15, 0.2) is 5.78 Å². The Morgan fingerprint density at radius 1 is 0.955 bits per heavy atom. The van der Waals surface area contributed by atoms with Crippen LogP contribution in [-0.2, 0) is 4.79 Å². The summed E-state index contributed by atoms with van der Waals surface area (Å²) in [6.07, 6.45) is 11.8. The summed E-state index contributed by atoms with van der Waals surface area (Å²) in [6.45, 7) is 13.8. The molecule has 0 N–H and O–H groups in total. The van der Waals surface area contributed by atoms with Crippen LogP contribution >= 0.6 is 0 Å². The van der Waals surface area contributed by atoms with E-state index in [0.29, 0.717) is 6.42 Å². The predicted octanol–water partition coefficient (Wildman–Crippen LogP) is 5.09. The Morgan fingerprint density at radius 3 is 2.18 bits per heavy atom. The molecule has 0 atom stereocenters. The minimum Gasteiger partial charge on any atom is -0.299 e. The average molecular weight is 303 g/mol. The van der Waals surface area contributed by atoms with Crippen LogP contribution in [0.25, 0.3) is 0 Å². The fourth-order valence-electron chi connectivity index (χ4n) is 2.03. The molecule has 0 aromatic carbocycles. The van der Waals surface area contributed by atoms with Gasteiger partial charge in [-0.3, -0.25) is 9.69 Å². The van der Waals surface area contributed by atoms with Crippen LogP contribution in [0.2, 0.25) is 0 Å². The Labute approximate surface area is 137 Å². The van der Waals surface area contributed by atoms with Crippen molar-refractivity contribution in [3.8, 4) is 0 Å². The van der Waals surface area contributed by atoms with Crippen LogP contribution in [0.4, 0.5) is 0 Å². The highest BCUT2D eigenvalue weighted by molar-refractivity contribution is 5.94. The van der Waals surface area contributed by atoms with Crippen molar-refractivity contribution in [3.05, 3.63) is 47.6 Å². The Bertz CT molecular complexity index is 437. The molecule has 0 unspecified atom stereocenters. The number of likely N-dealkylation sites (N-methyl/N-ethyl adjacent to an activating group) is 1. The fourth-order valence-corrected chi connectivity index (χ4v) is 2.03. The number of Topliss-reactive ketones (excluding diaryl/α,β-unsaturated/α-hetero) is 1. The predicted molar refractivity (Wildman–Crippen MR) is 98.1 cm³/mol. The highest BCUT2D eigenvalue weighted by atomic mass is 16.1. The number of hydrogen-bond donors (Lipinski definition) is 0. The molecule has 0 rings (SSSR count). The van der Waals surface area contributed by atoms with Crippen LogP contribution in [0.1, 0.15) is 53.4 Å². The number of ketones is 1. The van der Waals surface area contributed by atoms with Gasteiger partial charge in [-0.25, -0.2) is 0 Å². The summed E-state index contributed by atoms with van der Waals surface area (Å²) in [6, 6.07) is 0. The van der Waals surface area contributed by atoms with Crippen LogP contribution < -0.4 is 0 Å². The lowest BCUT2D eigenvalue weighted by Gasteiger charge is -2.11. The summed E-state index contributed by atoms with van der Waals surface area (Å²) in [5.74, 6) is 0.268. The van der Waals surface area contributed by atoms with Crippen LogP contribution in [0, 0.1) is 0 Å². The first-order valence-electron chi connectivity index (χ1n) is 8.15. The third-order valence-electron chi connectivity index (χ3n) is 3.55. The third-order valence-corrected chi connectivity index (χ3v) is 3.55. The molecule has 0 aliphatic carbocycles. The zero-order chi connectivity index (χ0) is 17.0. The second-order valence-electron chi connectivity index (χ2n) is 6.23. The van der Waals surface area contributed by atoms with Crippen molar-refractivity contribution in [2.45, 2.75) is 53.4 Å². The normalized spacial score (nSPS) is 12.5. The van der Waals surface area contributed by atoms with E-state index in [4.69, 9.17) is 0 Å². The van der Waals surface area contributed by atoms with E-state index in [9.17, 15) is 4.79 Å². The van der Waals surface area contributed by atoms with Crippen molar-refractivity contribution < 1.29 is 4.79 Å². The molecule has 0 aromatic heterocycles. The molecule has 0 saturated carbocycles. The maximum absolute atomic E-state index is 12.0. The van der Waals surface area contributed by atoms with Crippen LogP contribution in [0.5, 0.6) is 0 Å². The minimum atomic E-state index is 0.268. The van der Waals surface area contributed by atoms with Gasteiger partial charge < -0.3 is 0 Å². The van der Waals surface area contributed by atoms with Crippen molar-refractivity contribution in [3.63, 3.8) is 0 Å². The van der Waals surface area contributed by atoms with Gasteiger partial charge in [0.05, 0.1) is 0 Å². The molecular formula is C20H33NO. The zero-order valence-corrected chi connectivity index (χ0v) is 15.1. The SMILES string of the molecule is C=CCN(C)C/C=C(\C)CC/C=C(/C)C(=O)CCC=C(C)C. The number of rotatable bonds is 11. The summed E-state index contributed by atoms with van der Waals surface area (Å²) in [4.78, 5) is 14.2. The maximum Gasteiger partial charge on any atom is 0.158 e. The van der Waals surface area contributed by atoms with E-state index >= 15 is 0 Å². The van der Waals surface area contributed by atoms with Gasteiger partial charge in [0.1, 0.15) is 0 Å². The van der Waals surface area contributed by atoms with Gasteiger partial charge in [-0.05, 0) is 59.6 Å². The zero-order valence-electron chi connectivity index (χ0n) is 15.1. The highest BCUT2D eigenvalue weighted by Crippen LogP contribution is 2.10. The minimum absolute atomic E-state index is 0.268. The Hall–Kier alpha value is -1.41. The summed E-state index contributed by atoms with van der Waals surface area (Å²) >= 11 is 0. The molecular weight excluding hydrogens is 270 g/mol. The summed E-state index contributed by atoms with van der Waals surface area (Å²) in [5.41, 5.74) is 3.55. The third kappa shape index (κ3) is 11.3. The Balaban J connectivity index is 4.13. The molecule has 2 heteroatoms. The Morgan fingerprint density at radius 2 is 1.59 bits per heavy atom. The number of allylic oxidation sites excluding steroid dienone is 5. The first-order valence-corrected chi connectivity index (χ1v) is 8.15. The number of hydrogen-bond acceptors (Lipinski definition) is 2. The van der Waals surface area contributed by atoms with Crippen molar-refractivity contribution in [2.24, 2.45) is 0 Å². The van der Waals surface area contributed by atoms with Crippen molar-refractivity contribution in [1.82, 2.24) is 4.90 Å². The molecule has 0 bridgehead atoms. The first-order chi connectivity index (χ1) is 10.4. The largest absolute Gasteiger partial charge is 0.299 e. The summed E-state index contributed by atoms with van der Waals surface area (Å²) in [5, 5.41) is 0. The van der Waals surface area contributed by atoms with E-state index in [0.717, 1.165) is 37.9 Å². The molecule has 0 heterocycles. The van der Waals surface area contributed by atoms with E-state index in [1.54, 1.807) is 0 Å². The molecule has 0 aliphatic rings. The van der Waals surface area contributed by atoms with Crippen LogP contribution in [0.15, 0.2) is 47.6 Å². The molecule has 0 fully saturated rings. The molecule has 0 radical (unpaired) electrons. The topological polar surface area (TPSA) is 20.3 Å². The van der Waals surface area contributed by atoms with Gasteiger partial charge in [0.25, 0.3) is 0 Å². The first kappa shape index (κ1) is 20.6. The van der Waals surface area contributed by atoms with Crippen LogP contribution in [-0.4, -0.2) is 30.8 Å². The lowest BCUT2D eigenvalue weighted by molar-refractivity contribution is -0.115. The lowest BCUT2D eigenvalue weighted by atomic mass is 10.0. The lowest BCUT2D eigenvalue weighted by Crippen LogP contribution is -2.18. The van der Waals surface area contributed by atoms with Gasteiger partial charge >= 0.3 is 0 Å². The smallest absolute Gasteiger partial charge is 0.158 e. The molecule has 0 saturated heterocycles. The van der Waals surface area contributed by atoms with Crippen LogP contribution in [0.3, 0.4) is 0 Å². The van der Waals surface area contributed by atoms with E-state index in [2.05, 4.69) is 57.5 Å². The van der Waals surface area contributed by atoms with Crippen molar-refractivity contribution in [2.75, 3.05) is 20.1 Å². The number of carbonyl (C=O) groups is 1. The van der Waals surface area contributed by atoms with Gasteiger partial charge in [0.2, 0.25) is 0 Å². The van der Waals surface area contributed by atoms with Crippen molar-refractivity contribution in [1.29, 1.82) is 0 Å². The van der Waals surface area contributed by atoms with Crippen molar-refractivity contribution >= 4 is 5.78 Å². The summed E-state index contributed by atoms with van der Waals surface area (Å²) in [7, 11) is 2.08. The molecule has 0 aliphatic heterocycles. The second kappa shape index (κ2) is 12.2. The standard InChI is InChI=1S/C20H33NO/c1-7-15-21(6)16-14-18(4)11-9-12-19(5)20(22)13-8-10-17(2)3/h7,10,12,14H,1,8-9,11,13,15-16H2,2-6H3/b18-14+,19-12-. The van der Waals surface area contributed by atoms with Gasteiger partial charge in [0, 0.05) is 19.5 Å². The van der Waals surface area contributed by atoms with E-state index in [1.807, 2.05) is 13.0 Å². The Kier molecular flexibility index (Phi) is 11.4. The highest BCUT2D eigenvalue weighted by Gasteiger charge is 2.02. The molecule has 0 amide bonds. The van der Waals surface area contributed by atoms with E-state index in [1.165, 1.54) is 11.1 Å². The van der Waals surface area contributed by atoms with Gasteiger partial charge in [-0.1, -0.05) is 35.5 Å². The molecule has 0 spiro atoms. The van der Waals surface area contributed by atoms with E-state index < -0.39 is 0 Å². The molecule has 2 nitrogen and oxygen atoms in total. The average Bonchev–Trinajstić information content (AvgIpc) is 2.44. The molecule has 124 valence electrons. The molecule has 22 heavy (non-hydrogen) atoms. The fraction of sp³-hybridized carbons (Fsp3) is 0.550. The quantitative estimate of drug-likeness (QED) is 0.391. The maximum atomic E-state index is 12.0. The summed E-state index contributed by atoms with van der Waals surface area (Å²) < 4.78 is 0. The molecule has 0 aromatic rings. The van der Waals surface area contributed by atoms with Gasteiger partial charge in [-0.15, -0.1) is 6.58 Å². The number of carbonyl (C=O) groups excluding carboxylic acids is 1. The monoisotopic (exact) mass is 303 g/mol. The van der Waals surface area contributed by atoms with Gasteiger partial charge in [-0.2, -0.15) is 0 Å².